The molecule has 1 amide bonds. The Morgan fingerprint density at radius 3 is 3.00 bits per heavy atom. The molecular formula is C10H12N4O2S. The first kappa shape index (κ1) is 11.7. The molecule has 0 atom stereocenters. The average molecular weight is 252 g/mol. The second-order valence-corrected chi connectivity index (χ2v) is 4.49. The fourth-order valence-electron chi connectivity index (χ4n) is 1.31. The molecule has 0 radical (unpaired) electrons. The van der Waals surface area contributed by atoms with Gasteiger partial charge in [-0.05, 0) is 6.07 Å². The number of aromatic nitrogens is 2. The molecule has 3 N–H and O–H groups in total. The number of primary amides is 1. The van der Waals surface area contributed by atoms with E-state index in [0.717, 1.165) is 4.88 Å². The predicted molar refractivity (Wildman–Crippen MR) is 62.4 cm³/mol. The Morgan fingerprint density at radius 1 is 1.59 bits per heavy atom. The summed E-state index contributed by atoms with van der Waals surface area (Å²) < 4.78 is 4.84. The maximum Gasteiger partial charge on any atom is 0.249 e. The SMILES string of the molecule is Cc1nc(CNCc2cc(C(N)=O)cs2)no1. The standard InChI is InChI=1S/C10H12N4O2S/c1-6-13-9(14-16-6)4-12-3-8-2-7(5-17-8)10(11)15/h2,5,12H,3-4H2,1H3,(H2,11,15). The first-order valence-electron chi connectivity index (χ1n) is 5.02. The zero-order valence-corrected chi connectivity index (χ0v) is 10.1. The van der Waals surface area contributed by atoms with Gasteiger partial charge in [-0.2, -0.15) is 4.98 Å². The van der Waals surface area contributed by atoms with Gasteiger partial charge in [-0.1, -0.05) is 5.16 Å². The summed E-state index contributed by atoms with van der Waals surface area (Å²) in [7, 11) is 0. The summed E-state index contributed by atoms with van der Waals surface area (Å²) in [4.78, 5) is 16.0. The van der Waals surface area contributed by atoms with Crippen molar-refractivity contribution in [1.82, 2.24) is 15.5 Å². The van der Waals surface area contributed by atoms with Crippen LogP contribution in [0.25, 0.3) is 0 Å². The normalized spacial score (nSPS) is 10.6. The van der Waals surface area contributed by atoms with Crippen molar-refractivity contribution in [3.63, 3.8) is 0 Å². The van der Waals surface area contributed by atoms with Crippen molar-refractivity contribution < 1.29 is 9.32 Å². The number of aryl methyl sites for hydroxylation is 1. The zero-order chi connectivity index (χ0) is 12.3. The third-order valence-corrected chi connectivity index (χ3v) is 3.03. The summed E-state index contributed by atoms with van der Waals surface area (Å²) in [5.41, 5.74) is 5.71. The highest BCUT2D eigenvalue weighted by Crippen LogP contribution is 2.13. The van der Waals surface area contributed by atoms with Crippen LogP contribution in [-0.4, -0.2) is 16.0 Å². The number of hydrogen-bond donors (Lipinski definition) is 2. The van der Waals surface area contributed by atoms with Gasteiger partial charge in [0.1, 0.15) is 0 Å². The minimum Gasteiger partial charge on any atom is -0.366 e. The van der Waals surface area contributed by atoms with Crippen molar-refractivity contribution >= 4 is 17.2 Å². The van der Waals surface area contributed by atoms with Crippen molar-refractivity contribution in [2.45, 2.75) is 20.0 Å². The van der Waals surface area contributed by atoms with Crippen LogP contribution in [0.5, 0.6) is 0 Å². The number of nitrogens with zero attached hydrogens (tertiary/aromatic N) is 2. The molecule has 2 rings (SSSR count). The summed E-state index contributed by atoms with van der Waals surface area (Å²) in [5.74, 6) is 0.768. The number of nitrogens with two attached hydrogens (primary N) is 1. The van der Waals surface area contributed by atoms with Crippen LogP contribution in [0, 0.1) is 6.92 Å². The van der Waals surface area contributed by atoms with Crippen LogP contribution >= 0.6 is 11.3 Å². The molecule has 0 saturated heterocycles. The molecule has 2 aromatic heterocycles. The zero-order valence-electron chi connectivity index (χ0n) is 9.27. The van der Waals surface area contributed by atoms with Gasteiger partial charge in [-0.15, -0.1) is 11.3 Å². The number of rotatable bonds is 5. The lowest BCUT2D eigenvalue weighted by Gasteiger charge is -1.97. The second kappa shape index (κ2) is 5.07. The van der Waals surface area contributed by atoms with Crippen molar-refractivity contribution in [1.29, 1.82) is 0 Å². The molecule has 6 nitrogen and oxygen atoms in total. The molecule has 0 fully saturated rings. The maximum atomic E-state index is 10.9. The Kier molecular flexibility index (Phi) is 3.50. The van der Waals surface area contributed by atoms with E-state index in [1.807, 2.05) is 0 Å². The average Bonchev–Trinajstić information content (AvgIpc) is 2.88. The lowest BCUT2D eigenvalue weighted by molar-refractivity contribution is 0.100. The predicted octanol–water partition coefficient (Wildman–Crippen LogP) is 0.828. The van der Waals surface area contributed by atoms with Gasteiger partial charge in [0, 0.05) is 23.7 Å². The molecule has 0 spiro atoms. The van der Waals surface area contributed by atoms with E-state index in [0.29, 0.717) is 30.4 Å². The quantitative estimate of drug-likeness (QED) is 0.822. The largest absolute Gasteiger partial charge is 0.366 e. The Labute approximate surface area is 102 Å². The molecule has 2 aromatic rings. The van der Waals surface area contributed by atoms with E-state index in [4.69, 9.17) is 10.3 Å². The molecule has 2 heterocycles. The highest BCUT2D eigenvalue weighted by molar-refractivity contribution is 7.10. The fraction of sp³-hybridized carbons (Fsp3) is 0.300. The van der Waals surface area contributed by atoms with Gasteiger partial charge < -0.3 is 15.6 Å². The van der Waals surface area contributed by atoms with Gasteiger partial charge in [0.05, 0.1) is 12.1 Å². The van der Waals surface area contributed by atoms with E-state index in [1.165, 1.54) is 11.3 Å². The van der Waals surface area contributed by atoms with E-state index in [9.17, 15) is 4.79 Å². The number of carbonyl (C=O) groups is 1. The van der Waals surface area contributed by atoms with E-state index < -0.39 is 5.91 Å². The van der Waals surface area contributed by atoms with Crippen LogP contribution in [0.2, 0.25) is 0 Å². The number of nitrogens with one attached hydrogen (secondary N) is 1. The molecule has 0 aliphatic carbocycles. The molecule has 0 bridgehead atoms. The molecule has 0 unspecified atom stereocenters. The summed E-state index contributed by atoms with van der Waals surface area (Å²) in [6.07, 6.45) is 0. The minimum absolute atomic E-state index is 0.402. The molecule has 7 heteroatoms. The molecule has 17 heavy (non-hydrogen) atoms. The van der Waals surface area contributed by atoms with Crippen LogP contribution < -0.4 is 11.1 Å². The second-order valence-electron chi connectivity index (χ2n) is 3.50. The summed E-state index contributed by atoms with van der Waals surface area (Å²) in [5, 5.41) is 8.67. The maximum absolute atomic E-state index is 10.9. The molecule has 0 aliphatic heterocycles. The minimum atomic E-state index is -0.402. The van der Waals surface area contributed by atoms with Crippen molar-refractivity contribution in [2.24, 2.45) is 5.73 Å². The molecule has 0 saturated carbocycles. The van der Waals surface area contributed by atoms with Gasteiger partial charge in [0.15, 0.2) is 5.82 Å². The number of thiophene rings is 1. The molecular weight excluding hydrogens is 240 g/mol. The van der Waals surface area contributed by atoms with Crippen LogP contribution in [0.15, 0.2) is 16.0 Å². The van der Waals surface area contributed by atoms with Crippen molar-refractivity contribution in [3.05, 3.63) is 33.6 Å². The first-order chi connectivity index (χ1) is 8.15. The Hall–Kier alpha value is -1.73. The number of hydrogen-bond acceptors (Lipinski definition) is 6. The Balaban J connectivity index is 1.83. The third kappa shape index (κ3) is 3.11. The molecule has 90 valence electrons. The van der Waals surface area contributed by atoms with E-state index in [1.54, 1.807) is 18.4 Å². The number of amides is 1. The van der Waals surface area contributed by atoms with Crippen LogP contribution in [0.1, 0.15) is 27.0 Å². The lowest BCUT2D eigenvalue weighted by Crippen LogP contribution is -2.13. The highest BCUT2D eigenvalue weighted by atomic mass is 32.1. The topological polar surface area (TPSA) is 94.0 Å². The monoisotopic (exact) mass is 252 g/mol. The number of carbonyl (C=O) groups excluding carboxylic acids is 1. The lowest BCUT2D eigenvalue weighted by atomic mass is 10.3. The summed E-state index contributed by atoms with van der Waals surface area (Å²) in [6.45, 7) is 2.92. The molecule has 0 aromatic carbocycles. The highest BCUT2D eigenvalue weighted by Gasteiger charge is 2.05. The fourth-order valence-corrected chi connectivity index (χ4v) is 2.16. The van der Waals surface area contributed by atoms with Gasteiger partial charge >= 0.3 is 0 Å². The van der Waals surface area contributed by atoms with Crippen LogP contribution in [0.4, 0.5) is 0 Å². The molecule has 0 aliphatic rings. The van der Waals surface area contributed by atoms with Gasteiger partial charge in [-0.25, -0.2) is 0 Å². The van der Waals surface area contributed by atoms with Gasteiger partial charge in [0.25, 0.3) is 0 Å². The first-order valence-corrected chi connectivity index (χ1v) is 5.90. The van der Waals surface area contributed by atoms with Gasteiger partial charge in [-0.3, -0.25) is 4.79 Å². The van der Waals surface area contributed by atoms with E-state index in [-0.39, 0.29) is 0 Å². The van der Waals surface area contributed by atoms with Crippen LogP contribution in [-0.2, 0) is 13.1 Å². The van der Waals surface area contributed by atoms with Crippen molar-refractivity contribution in [3.8, 4) is 0 Å². The Bertz CT molecular complexity index is 520. The van der Waals surface area contributed by atoms with Gasteiger partial charge in [0.2, 0.25) is 11.8 Å². The van der Waals surface area contributed by atoms with E-state index in [2.05, 4.69) is 15.5 Å². The smallest absolute Gasteiger partial charge is 0.249 e. The Morgan fingerprint density at radius 2 is 2.41 bits per heavy atom. The summed E-state index contributed by atoms with van der Waals surface area (Å²) in [6, 6.07) is 1.78. The third-order valence-electron chi connectivity index (χ3n) is 2.09. The van der Waals surface area contributed by atoms with Crippen LogP contribution in [0.3, 0.4) is 0 Å². The summed E-state index contributed by atoms with van der Waals surface area (Å²) >= 11 is 1.49. The van der Waals surface area contributed by atoms with Crippen molar-refractivity contribution in [2.75, 3.05) is 0 Å². The van der Waals surface area contributed by atoms with E-state index >= 15 is 0 Å².